The molecule has 2 aromatic carbocycles. The molecule has 0 unspecified atom stereocenters. The minimum atomic E-state index is -0.424. The van der Waals surface area contributed by atoms with Gasteiger partial charge in [0.2, 0.25) is 12.7 Å². The second kappa shape index (κ2) is 10.1. The van der Waals surface area contributed by atoms with Crippen molar-refractivity contribution in [3.8, 4) is 17.2 Å². The molecule has 3 aromatic rings. The number of thiazole rings is 1. The van der Waals surface area contributed by atoms with E-state index in [1.807, 2.05) is 30.3 Å². The van der Waals surface area contributed by atoms with E-state index in [2.05, 4.69) is 4.99 Å². The number of rotatable bonds is 8. The van der Waals surface area contributed by atoms with Gasteiger partial charge in [0.1, 0.15) is 12.3 Å². The van der Waals surface area contributed by atoms with Crippen LogP contribution in [0.3, 0.4) is 0 Å². The quantitative estimate of drug-likeness (QED) is 0.280. The molecule has 0 aliphatic carbocycles. The van der Waals surface area contributed by atoms with E-state index >= 15 is 0 Å². The molecule has 1 aromatic heterocycles. The number of benzene rings is 2. The number of ether oxygens (including phenoxy) is 4. The highest BCUT2D eigenvalue weighted by Crippen LogP contribution is 2.37. The van der Waals surface area contributed by atoms with Crippen LogP contribution in [-0.4, -0.2) is 43.2 Å². The average molecular weight is 475 g/mol. The van der Waals surface area contributed by atoms with Crippen LogP contribution in [0.15, 0.2) is 46.3 Å². The Morgan fingerprint density at radius 2 is 1.91 bits per heavy atom. The highest BCUT2D eigenvalue weighted by Gasteiger charge is 2.19. The van der Waals surface area contributed by atoms with Crippen molar-refractivity contribution in [2.75, 3.05) is 26.8 Å². The molecule has 32 heavy (non-hydrogen) atoms. The van der Waals surface area contributed by atoms with Gasteiger partial charge in [0.15, 0.2) is 16.3 Å². The fraction of sp³-hybridized carbons (Fsp3) is 0.318. The number of carbonyl (C=O) groups excluding carboxylic acids is 2. The summed E-state index contributed by atoms with van der Waals surface area (Å²) in [5, 5.41) is 0. The molecule has 4 rings (SSSR count). The summed E-state index contributed by atoms with van der Waals surface area (Å²) in [5.74, 6) is 2.19. The van der Waals surface area contributed by atoms with E-state index in [-0.39, 0.29) is 19.2 Å². The van der Waals surface area contributed by atoms with Crippen molar-refractivity contribution in [2.45, 2.75) is 24.3 Å². The second-order valence-corrected chi connectivity index (χ2v) is 9.03. The van der Waals surface area contributed by atoms with Crippen molar-refractivity contribution in [2.24, 2.45) is 4.99 Å². The summed E-state index contributed by atoms with van der Waals surface area (Å²) in [4.78, 5) is 30.3. The molecule has 1 amide bonds. The minimum absolute atomic E-state index is 0.0461. The zero-order valence-electron chi connectivity index (χ0n) is 17.7. The number of methoxy groups -OCH3 is 2. The van der Waals surface area contributed by atoms with Crippen LogP contribution in [0.2, 0.25) is 0 Å². The molecular formula is C22H22N2O6S2. The van der Waals surface area contributed by atoms with Gasteiger partial charge in [-0.3, -0.25) is 9.59 Å². The molecule has 0 saturated carbocycles. The Kier molecular flexibility index (Phi) is 7.01. The third kappa shape index (κ3) is 5.08. The standard InChI is InChI=1S/C22H22N2O6S2/c1-27-14-5-7-15(8-6-14)31-9-3-4-20(25)23-22-24(12-21(26)28-2)16-10-17-18(30-13-29-17)11-19(16)32-22/h5-8,10-11H,3-4,9,12-13H2,1-2H3. The molecule has 1 aliphatic rings. The summed E-state index contributed by atoms with van der Waals surface area (Å²) in [6.45, 7) is 0.115. The van der Waals surface area contributed by atoms with E-state index in [1.165, 1.54) is 18.4 Å². The summed E-state index contributed by atoms with van der Waals surface area (Å²) < 4.78 is 23.4. The lowest BCUT2D eigenvalue weighted by Gasteiger charge is -2.04. The van der Waals surface area contributed by atoms with Gasteiger partial charge >= 0.3 is 5.97 Å². The smallest absolute Gasteiger partial charge is 0.325 e. The summed E-state index contributed by atoms with van der Waals surface area (Å²) in [6.07, 6.45) is 1.01. The van der Waals surface area contributed by atoms with E-state index in [1.54, 1.807) is 29.5 Å². The van der Waals surface area contributed by atoms with Gasteiger partial charge in [0, 0.05) is 23.4 Å². The van der Waals surface area contributed by atoms with E-state index in [0.717, 1.165) is 26.6 Å². The molecule has 0 atom stereocenters. The third-order valence-corrected chi connectivity index (χ3v) is 6.91. The highest BCUT2D eigenvalue weighted by atomic mass is 32.2. The maximum Gasteiger partial charge on any atom is 0.325 e. The number of carbonyl (C=O) groups is 2. The van der Waals surface area contributed by atoms with E-state index < -0.39 is 5.97 Å². The number of amides is 1. The van der Waals surface area contributed by atoms with Gasteiger partial charge < -0.3 is 23.5 Å². The van der Waals surface area contributed by atoms with Crippen molar-refractivity contribution < 1.29 is 28.5 Å². The maximum absolute atomic E-state index is 12.5. The lowest BCUT2D eigenvalue weighted by atomic mass is 10.3. The summed E-state index contributed by atoms with van der Waals surface area (Å²) in [7, 11) is 2.96. The Hall–Kier alpha value is -2.98. The fourth-order valence-corrected chi connectivity index (χ4v) is 5.05. The summed E-state index contributed by atoms with van der Waals surface area (Å²) in [6, 6.07) is 11.4. The first-order valence-corrected chi connectivity index (χ1v) is 11.7. The van der Waals surface area contributed by atoms with Gasteiger partial charge in [0.25, 0.3) is 0 Å². The molecule has 8 nitrogen and oxygen atoms in total. The Morgan fingerprint density at radius 1 is 1.16 bits per heavy atom. The maximum atomic E-state index is 12.5. The van der Waals surface area contributed by atoms with E-state index in [0.29, 0.717) is 29.1 Å². The molecule has 0 saturated heterocycles. The van der Waals surface area contributed by atoms with Gasteiger partial charge in [0.05, 0.1) is 24.4 Å². The molecule has 0 spiro atoms. The predicted octanol–water partition coefficient (Wildman–Crippen LogP) is 3.61. The molecule has 0 bridgehead atoms. The molecule has 10 heteroatoms. The van der Waals surface area contributed by atoms with Crippen molar-refractivity contribution in [3.05, 3.63) is 41.2 Å². The molecule has 1 aliphatic heterocycles. The first kappa shape index (κ1) is 22.2. The summed E-state index contributed by atoms with van der Waals surface area (Å²) >= 11 is 3.00. The number of thioether (sulfide) groups is 1. The summed E-state index contributed by atoms with van der Waals surface area (Å²) in [5.41, 5.74) is 0.742. The normalized spacial score (nSPS) is 12.9. The lowest BCUT2D eigenvalue weighted by molar-refractivity contribution is -0.141. The van der Waals surface area contributed by atoms with Crippen molar-refractivity contribution >= 4 is 45.2 Å². The second-order valence-electron chi connectivity index (χ2n) is 6.85. The molecule has 0 fully saturated rings. The zero-order valence-corrected chi connectivity index (χ0v) is 19.3. The Morgan fingerprint density at radius 3 is 2.62 bits per heavy atom. The Labute approximate surface area is 192 Å². The lowest BCUT2D eigenvalue weighted by Crippen LogP contribution is -2.22. The molecular weight excluding hydrogens is 452 g/mol. The Balaban J connectivity index is 1.47. The first-order chi connectivity index (χ1) is 15.6. The monoisotopic (exact) mass is 474 g/mol. The van der Waals surface area contributed by atoms with Crippen molar-refractivity contribution in [1.29, 1.82) is 0 Å². The van der Waals surface area contributed by atoms with Crippen LogP contribution < -0.4 is 19.0 Å². The van der Waals surface area contributed by atoms with Crippen molar-refractivity contribution in [3.63, 3.8) is 0 Å². The third-order valence-electron chi connectivity index (χ3n) is 4.78. The number of aromatic nitrogens is 1. The molecule has 0 N–H and O–H groups in total. The predicted molar refractivity (Wildman–Crippen MR) is 121 cm³/mol. The van der Waals surface area contributed by atoms with Crippen LogP contribution in [0.1, 0.15) is 12.8 Å². The number of hydrogen-bond acceptors (Lipinski definition) is 8. The van der Waals surface area contributed by atoms with E-state index in [9.17, 15) is 9.59 Å². The van der Waals surface area contributed by atoms with Crippen molar-refractivity contribution in [1.82, 2.24) is 4.57 Å². The average Bonchev–Trinajstić information content (AvgIpc) is 3.39. The van der Waals surface area contributed by atoms with Gasteiger partial charge in [-0.05, 0) is 36.4 Å². The highest BCUT2D eigenvalue weighted by molar-refractivity contribution is 7.99. The SMILES string of the molecule is COC(=O)Cn1c(=NC(=O)CCCSc2ccc(OC)cc2)sc2cc3c(cc21)OCO3. The van der Waals surface area contributed by atoms with E-state index in [4.69, 9.17) is 18.9 Å². The minimum Gasteiger partial charge on any atom is -0.497 e. The zero-order chi connectivity index (χ0) is 22.5. The van der Waals surface area contributed by atoms with Crippen LogP contribution in [0.4, 0.5) is 0 Å². The van der Waals surface area contributed by atoms with Crippen LogP contribution in [0.25, 0.3) is 10.2 Å². The van der Waals surface area contributed by atoms with Crippen LogP contribution in [0.5, 0.6) is 17.2 Å². The van der Waals surface area contributed by atoms with Crippen LogP contribution in [-0.2, 0) is 20.9 Å². The van der Waals surface area contributed by atoms with Crippen LogP contribution >= 0.6 is 23.1 Å². The fourth-order valence-electron chi connectivity index (χ4n) is 3.14. The molecule has 0 radical (unpaired) electrons. The van der Waals surface area contributed by atoms with Gasteiger partial charge in [-0.25, -0.2) is 0 Å². The number of nitrogens with zero attached hydrogens (tertiary/aromatic N) is 2. The van der Waals surface area contributed by atoms with Gasteiger partial charge in [-0.15, -0.1) is 11.8 Å². The van der Waals surface area contributed by atoms with Gasteiger partial charge in [-0.1, -0.05) is 11.3 Å². The first-order valence-electron chi connectivity index (χ1n) is 9.91. The number of fused-ring (bicyclic) bond motifs is 2. The largest absolute Gasteiger partial charge is 0.497 e. The molecule has 168 valence electrons. The Bertz CT molecular complexity index is 1200. The number of hydrogen-bond donors (Lipinski definition) is 0. The topological polar surface area (TPSA) is 88.4 Å². The molecule has 2 heterocycles. The van der Waals surface area contributed by atoms with Crippen LogP contribution in [0, 0.1) is 0 Å². The van der Waals surface area contributed by atoms with Gasteiger partial charge in [-0.2, -0.15) is 4.99 Å². The number of esters is 1.